The maximum absolute atomic E-state index is 12.5. The average Bonchev–Trinajstić information content (AvgIpc) is 2.52. The molecule has 1 aliphatic rings. The topological polar surface area (TPSA) is 56.7 Å². The number of pyridine rings is 1. The van der Waals surface area contributed by atoms with Crippen LogP contribution in [0.4, 0.5) is 0 Å². The maximum Gasteiger partial charge on any atom is 0.273 e. The lowest BCUT2D eigenvalue weighted by Crippen LogP contribution is -2.48. The molecule has 2 rings (SSSR count). The first-order valence-corrected chi connectivity index (χ1v) is 6.82. The van der Waals surface area contributed by atoms with Gasteiger partial charge in [0, 0.05) is 32.4 Å². The Kier molecular flexibility index (Phi) is 5.10. The number of aliphatic hydroxyl groups excluding tert-OH is 1. The summed E-state index contributed by atoms with van der Waals surface area (Å²) >= 11 is 0. The second-order valence-corrected chi connectivity index (χ2v) is 4.59. The molecule has 0 saturated carbocycles. The van der Waals surface area contributed by atoms with Gasteiger partial charge >= 0.3 is 0 Å². The highest BCUT2D eigenvalue weighted by molar-refractivity contribution is 5.94. The van der Waals surface area contributed by atoms with Crippen LogP contribution in [0.5, 0.6) is 0 Å². The van der Waals surface area contributed by atoms with E-state index in [1.54, 1.807) is 18.3 Å². The van der Waals surface area contributed by atoms with Crippen LogP contribution in [-0.4, -0.2) is 65.1 Å². The molecule has 0 radical (unpaired) electrons. The molecule has 1 aromatic rings. The van der Waals surface area contributed by atoms with Gasteiger partial charge in [0.1, 0.15) is 12.3 Å². The lowest BCUT2D eigenvalue weighted by Gasteiger charge is -2.33. The van der Waals surface area contributed by atoms with Crippen LogP contribution < -0.4 is 0 Å². The van der Waals surface area contributed by atoms with Crippen LogP contribution in [0.15, 0.2) is 18.3 Å². The summed E-state index contributed by atoms with van der Waals surface area (Å²) in [6, 6.07) is 3.50. The number of amides is 1. The first-order chi connectivity index (χ1) is 9.76. The largest absolute Gasteiger partial charge is 0.384 e. The van der Waals surface area contributed by atoms with Crippen LogP contribution in [0, 0.1) is 11.8 Å². The highest BCUT2D eigenvalue weighted by atomic mass is 16.2. The van der Waals surface area contributed by atoms with Crippen LogP contribution in [0.25, 0.3) is 0 Å². The van der Waals surface area contributed by atoms with Gasteiger partial charge in [-0.3, -0.25) is 4.79 Å². The van der Waals surface area contributed by atoms with Crippen LogP contribution in [0.1, 0.15) is 23.0 Å². The van der Waals surface area contributed by atoms with Crippen molar-refractivity contribution in [3.63, 3.8) is 0 Å². The van der Waals surface area contributed by atoms with Crippen LogP contribution in [0.3, 0.4) is 0 Å². The zero-order valence-corrected chi connectivity index (χ0v) is 11.7. The molecule has 0 atom stereocenters. The molecule has 5 nitrogen and oxygen atoms in total. The highest BCUT2D eigenvalue weighted by Crippen LogP contribution is 2.10. The Morgan fingerprint density at radius 1 is 1.40 bits per heavy atom. The third-order valence-electron chi connectivity index (χ3n) is 3.42. The van der Waals surface area contributed by atoms with Crippen molar-refractivity contribution in [1.29, 1.82) is 0 Å². The summed E-state index contributed by atoms with van der Waals surface area (Å²) in [6.45, 7) is 6.14. The predicted molar refractivity (Wildman–Crippen MR) is 76.2 cm³/mol. The van der Waals surface area contributed by atoms with Gasteiger partial charge in [-0.2, -0.15) is 0 Å². The Hall–Kier alpha value is -1.90. The van der Waals surface area contributed by atoms with Gasteiger partial charge in [0.05, 0.1) is 5.56 Å². The molecule has 106 valence electrons. The monoisotopic (exact) mass is 273 g/mol. The van der Waals surface area contributed by atoms with Gasteiger partial charge in [-0.25, -0.2) is 4.98 Å². The molecule has 1 aromatic heterocycles. The smallest absolute Gasteiger partial charge is 0.273 e. The summed E-state index contributed by atoms with van der Waals surface area (Å²) in [5, 5.41) is 8.77. The minimum absolute atomic E-state index is 0.0800. The van der Waals surface area contributed by atoms with E-state index < -0.39 is 0 Å². The van der Waals surface area contributed by atoms with Gasteiger partial charge in [-0.05, 0) is 18.7 Å². The maximum atomic E-state index is 12.5. The zero-order chi connectivity index (χ0) is 14.4. The molecule has 0 unspecified atom stereocenters. The van der Waals surface area contributed by atoms with E-state index in [0.717, 1.165) is 32.7 Å². The summed E-state index contributed by atoms with van der Waals surface area (Å²) in [5.74, 6) is 5.27. The Bertz CT molecular complexity index is 525. The van der Waals surface area contributed by atoms with E-state index in [9.17, 15) is 4.79 Å². The third kappa shape index (κ3) is 3.35. The van der Waals surface area contributed by atoms with Gasteiger partial charge in [-0.1, -0.05) is 18.8 Å². The summed E-state index contributed by atoms with van der Waals surface area (Å²) in [5.41, 5.74) is 0.947. The molecule has 0 spiro atoms. The summed E-state index contributed by atoms with van der Waals surface area (Å²) in [4.78, 5) is 20.8. The van der Waals surface area contributed by atoms with Crippen LogP contribution >= 0.6 is 0 Å². The molecule has 0 aromatic carbocycles. The van der Waals surface area contributed by atoms with Gasteiger partial charge in [0.2, 0.25) is 0 Å². The molecule has 20 heavy (non-hydrogen) atoms. The second-order valence-electron chi connectivity index (χ2n) is 4.59. The Morgan fingerprint density at radius 2 is 2.15 bits per heavy atom. The number of hydrogen-bond donors (Lipinski definition) is 1. The van der Waals surface area contributed by atoms with E-state index >= 15 is 0 Å². The van der Waals surface area contributed by atoms with Crippen LogP contribution in [0.2, 0.25) is 0 Å². The van der Waals surface area contributed by atoms with Crippen molar-refractivity contribution in [3.05, 3.63) is 29.6 Å². The normalized spacial score (nSPS) is 15.6. The lowest BCUT2D eigenvalue weighted by atomic mass is 10.1. The number of carbonyl (C=O) groups is 1. The SMILES string of the molecule is CCN1CCN(C(=O)c2ncccc2C#CCO)CC1. The number of piperazine rings is 1. The van der Waals surface area contributed by atoms with Crippen molar-refractivity contribution < 1.29 is 9.90 Å². The number of nitrogens with zero attached hydrogens (tertiary/aromatic N) is 3. The Balaban J connectivity index is 2.13. The second kappa shape index (κ2) is 7.04. The minimum Gasteiger partial charge on any atom is -0.384 e. The van der Waals surface area contributed by atoms with Gasteiger partial charge in [0.25, 0.3) is 5.91 Å². The number of carbonyl (C=O) groups excluding carboxylic acids is 1. The van der Waals surface area contributed by atoms with E-state index in [1.165, 1.54) is 0 Å². The fourth-order valence-corrected chi connectivity index (χ4v) is 2.23. The quantitative estimate of drug-likeness (QED) is 0.782. The van der Waals surface area contributed by atoms with Crippen molar-refractivity contribution in [2.24, 2.45) is 0 Å². The molecule has 1 N–H and O–H groups in total. The molecule has 0 aliphatic carbocycles. The summed E-state index contributed by atoms with van der Waals surface area (Å²) in [7, 11) is 0. The van der Waals surface area contributed by atoms with E-state index in [2.05, 4.69) is 28.6 Å². The van der Waals surface area contributed by atoms with E-state index in [0.29, 0.717) is 11.3 Å². The number of aromatic nitrogens is 1. The minimum atomic E-state index is -0.225. The molecule has 0 bridgehead atoms. The first-order valence-electron chi connectivity index (χ1n) is 6.82. The molecular formula is C15H19N3O2. The fraction of sp³-hybridized carbons (Fsp3) is 0.467. The van der Waals surface area contributed by atoms with Crippen LogP contribution in [-0.2, 0) is 0 Å². The zero-order valence-electron chi connectivity index (χ0n) is 11.7. The molecule has 1 aliphatic heterocycles. The van der Waals surface area contributed by atoms with Crippen molar-refractivity contribution in [1.82, 2.24) is 14.8 Å². The molecular weight excluding hydrogens is 254 g/mol. The number of hydrogen-bond acceptors (Lipinski definition) is 4. The molecule has 5 heteroatoms. The molecule has 1 saturated heterocycles. The molecule has 1 amide bonds. The van der Waals surface area contributed by atoms with Gasteiger partial charge in [0.15, 0.2) is 0 Å². The van der Waals surface area contributed by atoms with E-state index in [-0.39, 0.29) is 12.5 Å². The van der Waals surface area contributed by atoms with Crippen molar-refractivity contribution in [2.45, 2.75) is 6.92 Å². The highest BCUT2D eigenvalue weighted by Gasteiger charge is 2.23. The summed E-state index contributed by atoms with van der Waals surface area (Å²) in [6.07, 6.45) is 1.60. The van der Waals surface area contributed by atoms with E-state index in [4.69, 9.17) is 5.11 Å². The van der Waals surface area contributed by atoms with Crippen molar-refractivity contribution in [2.75, 3.05) is 39.3 Å². The summed E-state index contributed by atoms with van der Waals surface area (Å²) < 4.78 is 0. The molecule has 1 fully saturated rings. The number of rotatable bonds is 2. The van der Waals surface area contributed by atoms with Crippen molar-refractivity contribution >= 4 is 5.91 Å². The van der Waals surface area contributed by atoms with Crippen molar-refractivity contribution in [3.8, 4) is 11.8 Å². The number of aliphatic hydroxyl groups is 1. The van der Waals surface area contributed by atoms with Gasteiger partial charge < -0.3 is 14.9 Å². The van der Waals surface area contributed by atoms with Gasteiger partial charge in [-0.15, -0.1) is 0 Å². The first kappa shape index (κ1) is 14.5. The Labute approximate surface area is 119 Å². The Morgan fingerprint density at radius 3 is 2.80 bits per heavy atom. The standard InChI is InChI=1S/C15H19N3O2/c1-2-17-8-10-18(11-9-17)15(20)14-13(6-4-12-19)5-3-7-16-14/h3,5,7,19H,2,8-12H2,1H3. The molecule has 2 heterocycles. The lowest BCUT2D eigenvalue weighted by molar-refractivity contribution is 0.0637. The average molecular weight is 273 g/mol. The number of likely N-dealkylation sites (N-methyl/N-ethyl adjacent to an activating group) is 1. The van der Waals surface area contributed by atoms with E-state index in [1.807, 2.05) is 4.90 Å². The third-order valence-corrected chi connectivity index (χ3v) is 3.42. The fourth-order valence-electron chi connectivity index (χ4n) is 2.23. The predicted octanol–water partition coefficient (Wildman–Crippen LogP) is 0.203.